The van der Waals surface area contributed by atoms with E-state index in [2.05, 4.69) is 0 Å². The van der Waals surface area contributed by atoms with Crippen molar-refractivity contribution in [2.45, 2.75) is 19.4 Å². The quantitative estimate of drug-likeness (QED) is 0.888. The Hall–Kier alpha value is -1.65. The third-order valence-corrected chi connectivity index (χ3v) is 4.01. The maximum absolute atomic E-state index is 12.6. The first kappa shape index (κ1) is 14.8. The first-order valence-corrected chi connectivity index (χ1v) is 7.62. The molecule has 1 heterocycles. The number of aliphatic hydroxyl groups is 1. The van der Waals surface area contributed by atoms with Gasteiger partial charge in [-0.2, -0.15) is 11.3 Å². The second kappa shape index (κ2) is 7.22. The molecule has 0 aliphatic carbocycles. The number of carbonyl (C=O) groups is 1. The monoisotopic (exact) mass is 289 g/mol. The summed E-state index contributed by atoms with van der Waals surface area (Å²) in [5.74, 6) is -0.113. The van der Waals surface area contributed by atoms with E-state index in [1.165, 1.54) is 0 Å². The average Bonchev–Trinajstić information content (AvgIpc) is 3.00. The van der Waals surface area contributed by atoms with Crippen molar-refractivity contribution in [3.8, 4) is 0 Å². The molecule has 20 heavy (non-hydrogen) atoms. The molecular formula is C16H19NO2S. The molecule has 0 fully saturated rings. The van der Waals surface area contributed by atoms with Gasteiger partial charge in [0.1, 0.15) is 0 Å². The van der Waals surface area contributed by atoms with Crippen molar-refractivity contribution in [2.24, 2.45) is 0 Å². The molecular weight excluding hydrogens is 270 g/mol. The summed E-state index contributed by atoms with van der Waals surface area (Å²) in [6.45, 7) is 2.80. The molecule has 3 nitrogen and oxygen atoms in total. The lowest BCUT2D eigenvalue weighted by Crippen LogP contribution is -2.35. The van der Waals surface area contributed by atoms with Crippen LogP contribution in [0.3, 0.4) is 0 Å². The molecule has 0 bridgehead atoms. The fourth-order valence-corrected chi connectivity index (χ4v) is 2.88. The van der Waals surface area contributed by atoms with Crippen LogP contribution in [0.4, 0.5) is 0 Å². The summed E-state index contributed by atoms with van der Waals surface area (Å²) in [6, 6.07) is 11.8. The Morgan fingerprint density at radius 3 is 2.65 bits per heavy atom. The van der Waals surface area contributed by atoms with Crippen LogP contribution in [0.2, 0.25) is 0 Å². The van der Waals surface area contributed by atoms with Crippen molar-refractivity contribution in [3.63, 3.8) is 0 Å². The maximum Gasteiger partial charge on any atom is 0.230 e. The van der Waals surface area contributed by atoms with Gasteiger partial charge in [-0.15, -0.1) is 0 Å². The van der Waals surface area contributed by atoms with Gasteiger partial charge in [-0.25, -0.2) is 0 Å². The van der Waals surface area contributed by atoms with E-state index in [1.54, 1.807) is 16.2 Å². The van der Waals surface area contributed by atoms with Crippen LogP contribution in [0.1, 0.15) is 24.0 Å². The first-order chi connectivity index (χ1) is 9.72. The minimum Gasteiger partial charge on any atom is -0.395 e. The van der Waals surface area contributed by atoms with E-state index in [9.17, 15) is 9.90 Å². The smallest absolute Gasteiger partial charge is 0.230 e. The van der Waals surface area contributed by atoms with Crippen LogP contribution in [0.15, 0.2) is 47.2 Å². The van der Waals surface area contributed by atoms with Gasteiger partial charge in [-0.1, -0.05) is 30.3 Å². The Kier molecular flexibility index (Phi) is 5.32. The molecule has 106 valence electrons. The van der Waals surface area contributed by atoms with Crippen LogP contribution in [0, 0.1) is 0 Å². The molecule has 1 N–H and O–H groups in total. The van der Waals surface area contributed by atoms with Crippen LogP contribution >= 0.6 is 11.3 Å². The summed E-state index contributed by atoms with van der Waals surface area (Å²) in [4.78, 5) is 14.3. The molecule has 4 heteroatoms. The van der Waals surface area contributed by atoms with Crippen LogP contribution < -0.4 is 0 Å². The number of nitrogens with zero attached hydrogens (tertiary/aromatic N) is 1. The molecule has 1 aromatic heterocycles. The van der Waals surface area contributed by atoms with Crippen LogP contribution in [0.25, 0.3) is 0 Å². The van der Waals surface area contributed by atoms with Gasteiger partial charge in [0, 0.05) is 13.1 Å². The summed E-state index contributed by atoms with van der Waals surface area (Å²) in [7, 11) is 0. The molecule has 2 aromatic rings. The highest BCUT2D eigenvalue weighted by molar-refractivity contribution is 7.08. The van der Waals surface area contributed by atoms with Gasteiger partial charge in [0.2, 0.25) is 5.91 Å². The number of thiophene rings is 1. The average molecular weight is 289 g/mol. The van der Waals surface area contributed by atoms with E-state index < -0.39 is 0 Å². The Balaban J connectivity index is 2.09. The highest BCUT2D eigenvalue weighted by Gasteiger charge is 2.22. The van der Waals surface area contributed by atoms with Crippen molar-refractivity contribution in [3.05, 3.63) is 58.3 Å². The summed E-state index contributed by atoms with van der Waals surface area (Å²) in [5.41, 5.74) is 2.11. The zero-order valence-electron chi connectivity index (χ0n) is 11.5. The second-order valence-corrected chi connectivity index (χ2v) is 5.53. The van der Waals surface area contributed by atoms with E-state index in [-0.39, 0.29) is 18.4 Å². The van der Waals surface area contributed by atoms with Crippen molar-refractivity contribution in [1.29, 1.82) is 0 Å². The zero-order valence-corrected chi connectivity index (χ0v) is 12.3. The Morgan fingerprint density at radius 1 is 1.30 bits per heavy atom. The lowest BCUT2D eigenvalue weighted by molar-refractivity contribution is -0.133. The third-order valence-electron chi connectivity index (χ3n) is 3.31. The van der Waals surface area contributed by atoms with Gasteiger partial charge in [-0.05, 0) is 34.9 Å². The van der Waals surface area contributed by atoms with E-state index in [1.807, 2.05) is 54.1 Å². The number of hydrogen-bond acceptors (Lipinski definition) is 3. The highest BCUT2D eigenvalue weighted by atomic mass is 32.1. The molecule has 0 saturated carbocycles. The standard InChI is InChI=1S/C16H19NO2S/c1-13(15-7-10-20-12-15)16(19)17(8-9-18)11-14-5-3-2-4-6-14/h2-7,10,12-13,18H,8-9,11H2,1H3. The molecule has 0 aliphatic heterocycles. The zero-order chi connectivity index (χ0) is 14.4. The van der Waals surface area contributed by atoms with Crippen molar-refractivity contribution < 1.29 is 9.90 Å². The fourth-order valence-electron chi connectivity index (χ4n) is 2.13. The van der Waals surface area contributed by atoms with Gasteiger partial charge in [-0.3, -0.25) is 4.79 Å². The topological polar surface area (TPSA) is 40.5 Å². The fraction of sp³-hybridized carbons (Fsp3) is 0.312. The number of rotatable bonds is 6. The number of benzene rings is 1. The molecule has 2 rings (SSSR count). The van der Waals surface area contributed by atoms with Gasteiger partial charge < -0.3 is 10.0 Å². The van der Waals surface area contributed by atoms with Crippen molar-refractivity contribution >= 4 is 17.2 Å². The van der Waals surface area contributed by atoms with Gasteiger partial charge >= 0.3 is 0 Å². The summed E-state index contributed by atoms with van der Waals surface area (Å²) in [6.07, 6.45) is 0. The van der Waals surface area contributed by atoms with Gasteiger partial charge in [0.05, 0.1) is 12.5 Å². The SMILES string of the molecule is CC(C(=O)N(CCO)Cc1ccccc1)c1ccsc1. The molecule has 1 atom stereocenters. The first-order valence-electron chi connectivity index (χ1n) is 6.68. The van der Waals surface area contributed by atoms with E-state index in [0.717, 1.165) is 11.1 Å². The Morgan fingerprint density at radius 2 is 2.05 bits per heavy atom. The van der Waals surface area contributed by atoms with Crippen molar-refractivity contribution in [2.75, 3.05) is 13.2 Å². The van der Waals surface area contributed by atoms with Gasteiger partial charge in [0.15, 0.2) is 0 Å². The Bertz CT molecular complexity index is 525. The summed E-state index contributed by atoms with van der Waals surface area (Å²) in [5, 5.41) is 13.2. The number of amides is 1. The molecule has 0 aliphatic rings. The maximum atomic E-state index is 12.6. The van der Waals surface area contributed by atoms with E-state index in [0.29, 0.717) is 13.1 Å². The molecule has 1 aromatic carbocycles. The number of hydrogen-bond donors (Lipinski definition) is 1. The number of carbonyl (C=O) groups excluding carboxylic acids is 1. The van der Waals surface area contributed by atoms with E-state index in [4.69, 9.17) is 0 Å². The largest absolute Gasteiger partial charge is 0.395 e. The van der Waals surface area contributed by atoms with Crippen LogP contribution in [-0.4, -0.2) is 29.1 Å². The molecule has 1 amide bonds. The molecule has 0 radical (unpaired) electrons. The lowest BCUT2D eigenvalue weighted by Gasteiger charge is -2.25. The third kappa shape index (κ3) is 3.68. The van der Waals surface area contributed by atoms with Crippen LogP contribution in [0.5, 0.6) is 0 Å². The van der Waals surface area contributed by atoms with E-state index >= 15 is 0 Å². The minimum absolute atomic E-state index is 0.0189. The van der Waals surface area contributed by atoms with Gasteiger partial charge in [0.25, 0.3) is 0 Å². The number of aliphatic hydroxyl groups excluding tert-OH is 1. The Labute approximate surface area is 123 Å². The molecule has 0 saturated heterocycles. The van der Waals surface area contributed by atoms with Crippen LogP contribution in [-0.2, 0) is 11.3 Å². The predicted molar refractivity (Wildman–Crippen MR) is 81.7 cm³/mol. The summed E-state index contributed by atoms with van der Waals surface area (Å²) < 4.78 is 0. The molecule has 1 unspecified atom stereocenters. The predicted octanol–water partition coefficient (Wildman–Crippen LogP) is 2.87. The second-order valence-electron chi connectivity index (χ2n) is 4.75. The summed E-state index contributed by atoms with van der Waals surface area (Å²) >= 11 is 1.59. The van der Waals surface area contributed by atoms with Crippen molar-refractivity contribution in [1.82, 2.24) is 4.90 Å². The normalized spacial score (nSPS) is 12.1. The molecule has 0 spiro atoms. The minimum atomic E-state index is -0.170. The highest BCUT2D eigenvalue weighted by Crippen LogP contribution is 2.21. The lowest BCUT2D eigenvalue weighted by atomic mass is 10.0.